The minimum atomic E-state index is -0.453. The van der Waals surface area contributed by atoms with Crippen LogP contribution in [-0.2, 0) is 4.79 Å². The van der Waals surface area contributed by atoms with Gasteiger partial charge in [0.05, 0.1) is 6.04 Å². The van der Waals surface area contributed by atoms with Gasteiger partial charge in [-0.15, -0.1) is 0 Å². The maximum Gasteiger partial charge on any atom is 0.234 e. The molecule has 4 N–H and O–H groups in total. The number of carbonyl (C=O) groups excluding carboxylic acids is 1. The molecule has 1 aliphatic rings. The zero-order valence-corrected chi connectivity index (χ0v) is 9.39. The lowest BCUT2D eigenvalue weighted by molar-refractivity contribution is -0.119. The Hall–Kier alpha value is -0.220. The molecule has 0 bridgehead atoms. The van der Waals surface area contributed by atoms with Crippen molar-refractivity contribution >= 4 is 17.7 Å². The topological polar surface area (TPSA) is 69.1 Å². The van der Waals surface area contributed by atoms with Crippen molar-refractivity contribution < 1.29 is 4.79 Å². The van der Waals surface area contributed by atoms with Crippen LogP contribution in [0.4, 0.5) is 0 Å². The molecule has 4 heteroatoms. The number of carbonyl (C=O) groups is 1. The first kappa shape index (κ1) is 11.9. The molecule has 1 fully saturated rings. The van der Waals surface area contributed by atoms with Crippen molar-refractivity contribution in [2.24, 2.45) is 17.4 Å². The summed E-state index contributed by atoms with van der Waals surface area (Å²) in [7, 11) is 0. The van der Waals surface area contributed by atoms with Crippen molar-refractivity contribution in [2.45, 2.75) is 38.1 Å². The van der Waals surface area contributed by atoms with Gasteiger partial charge in [-0.05, 0) is 36.7 Å². The number of hydrogen-bond donors (Lipinski definition) is 2. The monoisotopic (exact) mass is 216 g/mol. The molecule has 0 aromatic heterocycles. The van der Waals surface area contributed by atoms with Gasteiger partial charge >= 0.3 is 0 Å². The second-order valence-corrected chi connectivity index (χ2v) is 5.17. The molecular formula is C10H20N2OS. The van der Waals surface area contributed by atoms with Crippen molar-refractivity contribution in [2.75, 3.05) is 11.5 Å². The third-order valence-electron chi connectivity index (χ3n) is 2.77. The average molecular weight is 216 g/mol. The van der Waals surface area contributed by atoms with Gasteiger partial charge in [-0.2, -0.15) is 11.8 Å². The fourth-order valence-corrected chi connectivity index (χ4v) is 3.03. The standard InChI is InChI=1S/C10H20N2OS/c11-9(10(12)13)5-6-14-7-8-3-1-2-4-8/h8-9H,1-7,11H2,(H2,12,13). The Bertz CT molecular complexity index is 181. The van der Waals surface area contributed by atoms with E-state index in [1.807, 2.05) is 11.8 Å². The van der Waals surface area contributed by atoms with E-state index < -0.39 is 6.04 Å². The Balaban J connectivity index is 1.95. The summed E-state index contributed by atoms with van der Waals surface area (Å²) in [4.78, 5) is 10.6. The van der Waals surface area contributed by atoms with E-state index in [1.54, 1.807) is 0 Å². The van der Waals surface area contributed by atoms with Crippen LogP contribution in [0.2, 0.25) is 0 Å². The Labute approximate surface area is 90.0 Å². The number of rotatable bonds is 6. The molecule has 0 aromatic rings. The summed E-state index contributed by atoms with van der Waals surface area (Å²) >= 11 is 1.91. The van der Waals surface area contributed by atoms with Gasteiger partial charge in [0.1, 0.15) is 0 Å². The smallest absolute Gasteiger partial charge is 0.234 e. The van der Waals surface area contributed by atoms with Gasteiger partial charge in [0.25, 0.3) is 0 Å². The predicted octanol–water partition coefficient (Wildman–Crippen LogP) is 1.11. The van der Waals surface area contributed by atoms with Crippen molar-refractivity contribution in [1.82, 2.24) is 0 Å². The lowest BCUT2D eigenvalue weighted by atomic mass is 10.1. The summed E-state index contributed by atoms with van der Waals surface area (Å²) in [5.74, 6) is 2.71. The molecule has 0 aliphatic heterocycles. The van der Waals surface area contributed by atoms with E-state index in [1.165, 1.54) is 31.4 Å². The van der Waals surface area contributed by atoms with Gasteiger partial charge < -0.3 is 11.5 Å². The van der Waals surface area contributed by atoms with Gasteiger partial charge in [-0.1, -0.05) is 12.8 Å². The van der Waals surface area contributed by atoms with Crippen LogP contribution in [0.3, 0.4) is 0 Å². The number of nitrogens with two attached hydrogens (primary N) is 2. The highest BCUT2D eigenvalue weighted by Gasteiger charge is 2.15. The van der Waals surface area contributed by atoms with Crippen LogP contribution in [-0.4, -0.2) is 23.5 Å². The highest BCUT2D eigenvalue weighted by atomic mass is 32.2. The summed E-state index contributed by atoms with van der Waals surface area (Å²) in [5.41, 5.74) is 10.6. The van der Waals surface area contributed by atoms with E-state index in [0.29, 0.717) is 6.42 Å². The number of amides is 1. The fraction of sp³-hybridized carbons (Fsp3) is 0.900. The normalized spacial score (nSPS) is 19.8. The molecular weight excluding hydrogens is 196 g/mol. The van der Waals surface area contributed by atoms with Crippen LogP contribution < -0.4 is 11.5 Å². The van der Waals surface area contributed by atoms with Crippen LogP contribution in [0, 0.1) is 5.92 Å². The van der Waals surface area contributed by atoms with E-state index in [2.05, 4.69) is 0 Å². The van der Waals surface area contributed by atoms with Crippen LogP contribution in [0.15, 0.2) is 0 Å². The Morgan fingerprint density at radius 1 is 1.43 bits per heavy atom. The molecule has 82 valence electrons. The lowest BCUT2D eigenvalue weighted by Crippen LogP contribution is -2.36. The summed E-state index contributed by atoms with van der Waals surface area (Å²) < 4.78 is 0. The highest BCUT2D eigenvalue weighted by molar-refractivity contribution is 7.99. The van der Waals surface area contributed by atoms with E-state index >= 15 is 0 Å². The third kappa shape index (κ3) is 4.33. The zero-order chi connectivity index (χ0) is 10.4. The summed E-state index contributed by atoms with van der Waals surface area (Å²) in [6, 6.07) is -0.453. The minimum absolute atomic E-state index is 0.383. The maximum absolute atomic E-state index is 10.6. The van der Waals surface area contributed by atoms with E-state index in [-0.39, 0.29) is 5.91 Å². The highest BCUT2D eigenvalue weighted by Crippen LogP contribution is 2.27. The van der Waals surface area contributed by atoms with Crippen LogP contribution >= 0.6 is 11.8 Å². The predicted molar refractivity (Wildman–Crippen MR) is 61.1 cm³/mol. The van der Waals surface area contributed by atoms with Crippen LogP contribution in [0.25, 0.3) is 0 Å². The van der Waals surface area contributed by atoms with Crippen LogP contribution in [0.5, 0.6) is 0 Å². The van der Waals surface area contributed by atoms with Gasteiger partial charge in [0.15, 0.2) is 0 Å². The molecule has 1 saturated carbocycles. The summed E-state index contributed by atoms with van der Waals surface area (Å²) in [5, 5.41) is 0. The molecule has 0 radical (unpaired) electrons. The Kier molecular flexibility index (Phi) is 5.33. The van der Waals surface area contributed by atoms with Crippen LogP contribution in [0.1, 0.15) is 32.1 Å². The zero-order valence-electron chi connectivity index (χ0n) is 8.58. The Morgan fingerprint density at radius 3 is 2.64 bits per heavy atom. The molecule has 1 aliphatic carbocycles. The molecule has 1 rings (SSSR count). The van der Waals surface area contributed by atoms with Crippen molar-refractivity contribution in [3.05, 3.63) is 0 Å². The van der Waals surface area contributed by atoms with E-state index in [9.17, 15) is 4.79 Å². The second kappa shape index (κ2) is 6.30. The largest absolute Gasteiger partial charge is 0.368 e. The van der Waals surface area contributed by atoms with Crippen molar-refractivity contribution in [3.8, 4) is 0 Å². The molecule has 0 heterocycles. The molecule has 1 atom stereocenters. The van der Waals surface area contributed by atoms with Crippen molar-refractivity contribution in [3.63, 3.8) is 0 Å². The van der Waals surface area contributed by atoms with E-state index in [4.69, 9.17) is 11.5 Å². The first-order valence-electron chi connectivity index (χ1n) is 5.33. The van der Waals surface area contributed by atoms with E-state index in [0.717, 1.165) is 11.7 Å². The third-order valence-corrected chi connectivity index (χ3v) is 4.00. The second-order valence-electron chi connectivity index (χ2n) is 4.02. The Morgan fingerprint density at radius 2 is 2.07 bits per heavy atom. The first-order chi connectivity index (χ1) is 6.70. The molecule has 1 amide bonds. The summed E-state index contributed by atoms with van der Waals surface area (Å²) in [6.45, 7) is 0. The lowest BCUT2D eigenvalue weighted by Gasteiger charge is -2.09. The maximum atomic E-state index is 10.6. The number of hydrogen-bond acceptors (Lipinski definition) is 3. The van der Waals surface area contributed by atoms with Gasteiger partial charge in [0, 0.05) is 0 Å². The average Bonchev–Trinajstić information content (AvgIpc) is 2.64. The molecule has 1 unspecified atom stereocenters. The van der Waals surface area contributed by atoms with Gasteiger partial charge in [0.2, 0.25) is 5.91 Å². The summed E-state index contributed by atoms with van der Waals surface area (Å²) in [6.07, 6.45) is 6.27. The minimum Gasteiger partial charge on any atom is -0.368 e. The number of thioether (sulfide) groups is 1. The molecule has 3 nitrogen and oxygen atoms in total. The van der Waals surface area contributed by atoms with Gasteiger partial charge in [-0.25, -0.2) is 0 Å². The number of primary amides is 1. The van der Waals surface area contributed by atoms with Gasteiger partial charge in [-0.3, -0.25) is 4.79 Å². The molecule has 0 aromatic carbocycles. The SMILES string of the molecule is NC(=O)C(N)CCSCC1CCCC1. The molecule has 0 spiro atoms. The quantitative estimate of drug-likeness (QED) is 0.654. The fourth-order valence-electron chi connectivity index (χ4n) is 1.78. The van der Waals surface area contributed by atoms with Crippen molar-refractivity contribution in [1.29, 1.82) is 0 Å². The molecule has 14 heavy (non-hydrogen) atoms. The molecule has 0 saturated heterocycles. The first-order valence-corrected chi connectivity index (χ1v) is 6.48.